The van der Waals surface area contributed by atoms with E-state index in [4.69, 9.17) is 11.6 Å². The lowest BCUT2D eigenvalue weighted by molar-refractivity contribution is 0.263. The van der Waals surface area contributed by atoms with Crippen molar-refractivity contribution in [2.24, 2.45) is 5.92 Å². The predicted molar refractivity (Wildman–Crippen MR) is 71.0 cm³/mol. The molecule has 0 atom stereocenters. The Balaban J connectivity index is 2.10. The molecule has 96 valence electrons. The van der Waals surface area contributed by atoms with Gasteiger partial charge in [-0.05, 0) is 24.8 Å². The maximum atomic E-state index is 12.2. The van der Waals surface area contributed by atoms with Gasteiger partial charge in [0.2, 0.25) is 10.0 Å². The highest BCUT2D eigenvalue weighted by Gasteiger charge is 2.27. The lowest BCUT2D eigenvalue weighted by Gasteiger charge is -2.29. The number of sulfonamides is 1. The van der Waals surface area contributed by atoms with E-state index in [9.17, 15) is 8.42 Å². The highest BCUT2D eigenvalue weighted by atomic mass is 35.5. The van der Waals surface area contributed by atoms with Gasteiger partial charge in [-0.3, -0.25) is 0 Å². The summed E-state index contributed by atoms with van der Waals surface area (Å²) in [5, 5.41) is 1.67. The number of hydrogen-bond donors (Lipinski definition) is 0. The highest BCUT2D eigenvalue weighted by Crippen LogP contribution is 2.29. The first kappa shape index (κ1) is 13.3. The summed E-state index contributed by atoms with van der Waals surface area (Å²) >= 11 is 7.08. The number of alkyl halides is 1. The predicted octanol–water partition coefficient (Wildman–Crippen LogP) is 2.91. The summed E-state index contributed by atoms with van der Waals surface area (Å²) in [7, 11) is -1.66. The molecule has 0 radical (unpaired) electrons. The summed E-state index contributed by atoms with van der Waals surface area (Å²) in [5.74, 6) is 0.910. The smallest absolute Gasteiger partial charge is 0.207 e. The third-order valence-corrected chi connectivity index (χ3v) is 6.54. The van der Waals surface area contributed by atoms with Crippen molar-refractivity contribution in [3.05, 3.63) is 16.3 Å². The van der Waals surface area contributed by atoms with E-state index >= 15 is 0 Å². The van der Waals surface area contributed by atoms with E-state index < -0.39 is 10.0 Å². The summed E-state index contributed by atoms with van der Waals surface area (Å²) in [4.78, 5) is 1.27. The van der Waals surface area contributed by atoms with Crippen LogP contribution in [-0.2, 0) is 15.9 Å². The normalized spacial score (nSPS) is 17.4. The number of rotatable bonds is 5. The van der Waals surface area contributed by atoms with Gasteiger partial charge in [0, 0.05) is 23.8 Å². The summed E-state index contributed by atoms with van der Waals surface area (Å²) in [6, 6.07) is 1.67. The fraction of sp³-hybridized carbons (Fsp3) is 0.636. The lowest BCUT2D eigenvalue weighted by atomic mass is 9.86. The first-order valence-electron chi connectivity index (χ1n) is 5.63. The van der Waals surface area contributed by atoms with Crippen LogP contribution in [0.2, 0.25) is 0 Å². The van der Waals surface area contributed by atoms with Crippen LogP contribution in [0.15, 0.2) is 16.3 Å². The first-order chi connectivity index (χ1) is 8.04. The number of thiophene rings is 1. The Labute approximate surface area is 111 Å². The molecular weight excluding hydrogens is 278 g/mol. The van der Waals surface area contributed by atoms with Crippen LogP contribution in [0.25, 0.3) is 0 Å². The van der Waals surface area contributed by atoms with Crippen LogP contribution in [0.5, 0.6) is 0 Å². The number of halogens is 1. The minimum Gasteiger partial charge on any atom is -0.207 e. The van der Waals surface area contributed by atoms with Gasteiger partial charge < -0.3 is 0 Å². The summed E-state index contributed by atoms with van der Waals surface area (Å²) in [6.45, 7) is 0.633. The summed E-state index contributed by atoms with van der Waals surface area (Å²) in [6.07, 6.45) is 3.53. The average molecular weight is 294 g/mol. The van der Waals surface area contributed by atoms with Crippen molar-refractivity contribution in [3.8, 4) is 0 Å². The van der Waals surface area contributed by atoms with Gasteiger partial charge in [-0.1, -0.05) is 6.42 Å². The molecule has 0 unspecified atom stereocenters. The Morgan fingerprint density at radius 3 is 2.71 bits per heavy atom. The van der Waals surface area contributed by atoms with E-state index in [1.807, 2.05) is 0 Å². The SMILES string of the molecule is CN(CC1CCC1)S(=O)(=O)c1csc(CCl)c1. The van der Waals surface area contributed by atoms with Crippen molar-refractivity contribution in [2.45, 2.75) is 30.0 Å². The molecule has 1 aromatic rings. The van der Waals surface area contributed by atoms with Gasteiger partial charge in [0.05, 0.1) is 10.8 Å². The fourth-order valence-corrected chi connectivity index (χ4v) is 4.51. The van der Waals surface area contributed by atoms with Crippen LogP contribution in [-0.4, -0.2) is 26.3 Å². The highest BCUT2D eigenvalue weighted by molar-refractivity contribution is 7.89. The van der Waals surface area contributed by atoms with Gasteiger partial charge in [0.25, 0.3) is 0 Å². The Morgan fingerprint density at radius 1 is 1.53 bits per heavy atom. The molecule has 0 amide bonds. The Morgan fingerprint density at radius 2 is 2.24 bits per heavy atom. The van der Waals surface area contributed by atoms with E-state index in [1.165, 1.54) is 22.1 Å². The zero-order chi connectivity index (χ0) is 12.5. The van der Waals surface area contributed by atoms with Crippen LogP contribution in [0.3, 0.4) is 0 Å². The minimum atomic E-state index is -3.31. The second-order valence-corrected chi connectivity index (χ2v) is 7.77. The molecule has 1 heterocycles. The van der Waals surface area contributed by atoms with E-state index in [1.54, 1.807) is 18.5 Å². The van der Waals surface area contributed by atoms with E-state index in [0.717, 1.165) is 17.7 Å². The maximum absolute atomic E-state index is 12.2. The average Bonchev–Trinajstić information content (AvgIpc) is 2.71. The Hall–Kier alpha value is -0.100. The van der Waals surface area contributed by atoms with Gasteiger partial charge in [-0.15, -0.1) is 22.9 Å². The van der Waals surface area contributed by atoms with Crippen LogP contribution in [0.4, 0.5) is 0 Å². The minimum absolute atomic E-state index is 0.368. The molecule has 0 saturated heterocycles. The monoisotopic (exact) mass is 293 g/mol. The maximum Gasteiger partial charge on any atom is 0.243 e. The van der Waals surface area contributed by atoms with Gasteiger partial charge in [-0.25, -0.2) is 12.7 Å². The van der Waals surface area contributed by atoms with Crippen molar-refractivity contribution in [1.82, 2.24) is 4.31 Å². The van der Waals surface area contributed by atoms with Gasteiger partial charge in [0.15, 0.2) is 0 Å². The van der Waals surface area contributed by atoms with Crippen molar-refractivity contribution < 1.29 is 8.42 Å². The van der Waals surface area contributed by atoms with Gasteiger partial charge in [0.1, 0.15) is 0 Å². The lowest BCUT2D eigenvalue weighted by Crippen LogP contribution is -2.34. The quantitative estimate of drug-likeness (QED) is 0.783. The van der Waals surface area contributed by atoms with Crippen molar-refractivity contribution in [3.63, 3.8) is 0 Å². The standard InChI is InChI=1S/C11H16ClNO2S2/c1-13(7-9-3-2-4-9)17(14,15)11-5-10(6-12)16-8-11/h5,8-9H,2-4,6-7H2,1H3. The number of nitrogens with zero attached hydrogens (tertiary/aromatic N) is 1. The molecule has 1 aliphatic rings. The summed E-state index contributed by atoms with van der Waals surface area (Å²) in [5.41, 5.74) is 0. The third kappa shape index (κ3) is 2.84. The molecule has 1 saturated carbocycles. The molecule has 1 aliphatic carbocycles. The molecule has 0 aromatic carbocycles. The zero-order valence-electron chi connectivity index (χ0n) is 9.73. The van der Waals surface area contributed by atoms with Crippen LogP contribution >= 0.6 is 22.9 Å². The fourth-order valence-electron chi connectivity index (χ4n) is 1.88. The second-order valence-electron chi connectivity index (χ2n) is 4.46. The summed E-state index contributed by atoms with van der Waals surface area (Å²) < 4.78 is 25.9. The third-order valence-electron chi connectivity index (χ3n) is 3.21. The van der Waals surface area contributed by atoms with Gasteiger partial charge >= 0.3 is 0 Å². The molecular formula is C11H16ClNO2S2. The van der Waals surface area contributed by atoms with E-state index in [-0.39, 0.29) is 0 Å². The topological polar surface area (TPSA) is 37.4 Å². The van der Waals surface area contributed by atoms with E-state index in [2.05, 4.69) is 0 Å². The molecule has 0 N–H and O–H groups in total. The van der Waals surface area contributed by atoms with E-state index in [0.29, 0.717) is 23.2 Å². The van der Waals surface area contributed by atoms with Crippen molar-refractivity contribution >= 4 is 33.0 Å². The molecule has 1 aromatic heterocycles. The molecule has 1 fully saturated rings. The molecule has 0 bridgehead atoms. The van der Waals surface area contributed by atoms with Crippen molar-refractivity contribution in [2.75, 3.05) is 13.6 Å². The Bertz CT molecular complexity index is 479. The first-order valence-corrected chi connectivity index (χ1v) is 8.49. The zero-order valence-corrected chi connectivity index (χ0v) is 12.1. The van der Waals surface area contributed by atoms with Crippen LogP contribution < -0.4 is 0 Å². The van der Waals surface area contributed by atoms with Crippen LogP contribution in [0, 0.1) is 5.92 Å². The number of hydrogen-bond acceptors (Lipinski definition) is 3. The molecule has 0 spiro atoms. The molecule has 3 nitrogen and oxygen atoms in total. The molecule has 0 aliphatic heterocycles. The van der Waals surface area contributed by atoms with Crippen LogP contribution in [0.1, 0.15) is 24.1 Å². The van der Waals surface area contributed by atoms with Crippen molar-refractivity contribution in [1.29, 1.82) is 0 Å². The second kappa shape index (κ2) is 5.26. The molecule has 6 heteroatoms. The largest absolute Gasteiger partial charge is 0.243 e. The van der Waals surface area contributed by atoms with Gasteiger partial charge in [-0.2, -0.15) is 0 Å². The molecule has 17 heavy (non-hydrogen) atoms. The Kier molecular flexibility index (Phi) is 4.13. The molecule has 2 rings (SSSR count).